The molecule has 8 heteroatoms. The third-order valence-electron chi connectivity index (χ3n) is 9.52. The van der Waals surface area contributed by atoms with Gasteiger partial charge in [-0.25, -0.2) is 4.98 Å². The molecule has 0 aromatic carbocycles. The van der Waals surface area contributed by atoms with Gasteiger partial charge in [0, 0.05) is 30.3 Å². The van der Waals surface area contributed by atoms with Crippen LogP contribution in [0.1, 0.15) is 69.3 Å². The molecule has 1 aliphatic heterocycles. The van der Waals surface area contributed by atoms with Gasteiger partial charge in [-0.3, -0.25) is 14.4 Å². The second kappa shape index (κ2) is 8.22. The average Bonchev–Trinajstić information content (AvgIpc) is 3.38. The van der Waals surface area contributed by atoms with Crippen molar-refractivity contribution in [2.24, 2.45) is 34.5 Å². The minimum absolute atomic E-state index is 0.00426. The van der Waals surface area contributed by atoms with Crippen molar-refractivity contribution >= 4 is 34.2 Å². The van der Waals surface area contributed by atoms with E-state index in [4.69, 9.17) is 0 Å². The van der Waals surface area contributed by atoms with E-state index in [2.05, 4.69) is 40.9 Å². The highest BCUT2D eigenvalue weighted by atomic mass is 32.1. The van der Waals surface area contributed by atoms with E-state index in [0.29, 0.717) is 40.9 Å². The number of carbonyl (C=O) groups excluding carboxylic acids is 3. The van der Waals surface area contributed by atoms with Crippen molar-refractivity contribution < 1.29 is 14.4 Å². The highest BCUT2D eigenvalue weighted by Gasteiger charge is 2.59. The maximum atomic E-state index is 12.9. The number of anilines is 1. The minimum Gasteiger partial charge on any atom is -0.354 e. The lowest BCUT2D eigenvalue weighted by Gasteiger charge is -2.59. The summed E-state index contributed by atoms with van der Waals surface area (Å²) in [5.41, 5.74) is 0.557. The van der Waals surface area contributed by atoms with Crippen molar-refractivity contribution in [1.82, 2.24) is 15.6 Å². The number of hydrogen-bond donors (Lipinski definition) is 3. The molecule has 7 atom stereocenters. The van der Waals surface area contributed by atoms with Crippen LogP contribution in [0.4, 0.5) is 5.13 Å². The first-order valence-corrected chi connectivity index (χ1v) is 13.1. The van der Waals surface area contributed by atoms with E-state index in [1.807, 2.05) is 0 Å². The Morgan fingerprint density at radius 3 is 2.79 bits per heavy atom. The Hall–Kier alpha value is -2.22. The van der Waals surface area contributed by atoms with Crippen molar-refractivity contribution in [3.05, 3.63) is 23.2 Å². The summed E-state index contributed by atoms with van der Waals surface area (Å²) in [5.74, 6) is 2.06. The molecule has 3 amide bonds. The van der Waals surface area contributed by atoms with E-state index < -0.39 is 0 Å². The SMILES string of the molecule is CNC(=O)c1csc(NC(=O)C[C@H]2CC[C@H]3[C@@H]4CC[C@H]5NC(=O)C=C[C@]5(C)[C@H]4CC[C@]23C)n1. The number of aromatic nitrogens is 1. The standard InChI is InChI=1S/C25H34N4O3S/c1-24-10-8-17-15(5-7-19-25(17,2)11-9-20(30)28-19)16(24)6-4-14(24)12-21(31)29-23-27-18(13-33-23)22(32)26-3/h9,11,13-17,19H,4-8,10,12H2,1-3H3,(H,26,32)(H,28,30)(H,27,29,31)/t14-,15+,16+,17+,19-,24-,25-/m1/s1. The number of nitrogens with zero attached hydrogens (tertiary/aromatic N) is 1. The van der Waals surface area contributed by atoms with Crippen LogP contribution < -0.4 is 16.0 Å². The molecule has 33 heavy (non-hydrogen) atoms. The molecule has 5 rings (SSSR count). The number of fused-ring (bicyclic) bond motifs is 5. The zero-order chi connectivity index (χ0) is 23.4. The van der Waals surface area contributed by atoms with E-state index in [1.165, 1.54) is 24.2 Å². The molecule has 7 nitrogen and oxygen atoms in total. The molecule has 0 saturated heterocycles. The Bertz CT molecular complexity index is 1010. The normalized spacial score (nSPS) is 39.1. The van der Waals surface area contributed by atoms with Crippen LogP contribution in [0.25, 0.3) is 0 Å². The fraction of sp³-hybridized carbons (Fsp3) is 0.680. The van der Waals surface area contributed by atoms with Crippen LogP contribution in [0.2, 0.25) is 0 Å². The molecule has 4 aliphatic rings. The average molecular weight is 471 g/mol. The van der Waals surface area contributed by atoms with Crippen molar-refractivity contribution in [1.29, 1.82) is 0 Å². The number of nitrogens with one attached hydrogen (secondary N) is 3. The molecule has 178 valence electrons. The fourth-order valence-corrected chi connectivity index (χ4v) is 8.44. The summed E-state index contributed by atoms with van der Waals surface area (Å²) in [4.78, 5) is 40.8. The van der Waals surface area contributed by atoms with Gasteiger partial charge in [0.25, 0.3) is 5.91 Å². The molecule has 0 bridgehead atoms. The summed E-state index contributed by atoms with van der Waals surface area (Å²) in [6.45, 7) is 4.76. The molecule has 3 saturated carbocycles. The number of amides is 3. The largest absolute Gasteiger partial charge is 0.354 e. The smallest absolute Gasteiger partial charge is 0.270 e. The van der Waals surface area contributed by atoms with Crippen LogP contribution in [0.3, 0.4) is 0 Å². The highest BCUT2D eigenvalue weighted by Crippen LogP contribution is 2.65. The first-order chi connectivity index (χ1) is 15.7. The van der Waals surface area contributed by atoms with Gasteiger partial charge in [-0.15, -0.1) is 11.3 Å². The van der Waals surface area contributed by atoms with Crippen molar-refractivity contribution in [3.63, 3.8) is 0 Å². The molecule has 2 heterocycles. The zero-order valence-electron chi connectivity index (χ0n) is 19.6. The Morgan fingerprint density at radius 1 is 1.18 bits per heavy atom. The topological polar surface area (TPSA) is 100 Å². The van der Waals surface area contributed by atoms with E-state index >= 15 is 0 Å². The lowest BCUT2D eigenvalue weighted by molar-refractivity contribution is -0.123. The lowest BCUT2D eigenvalue weighted by Crippen LogP contribution is -2.59. The molecule has 3 fully saturated rings. The van der Waals surface area contributed by atoms with Crippen molar-refractivity contribution in [2.45, 2.75) is 64.8 Å². The summed E-state index contributed by atoms with van der Waals surface area (Å²) in [6, 6.07) is 0.251. The second-order valence-corrected chi connectivity index (χ2v) is 11.8. The lowest BCUT2D eigenvalue weighted by atomic mass is 9.48. The first-order valence-electron chi connectivity index (χ1n) is 12.2. The van der Waals surface area contributed by atoms with E-state index in [1.54, 1.807) is 18.5 Å². The van der Waals surface area contributed by atoms with Gasteiger partial charge < -0.3 is 16.0 Å². The molecule has 1 aromatic heterocycles. The Kier molecular flexibility index (Phi) is 5.62. The Labute approximate surface area is 199 Å². The third-order valence-corrected chi connectivity index (χ3v) is 10.3. The van der Waals surface area contributed by atoms with Gasteiger partial charge in [0.05, 0.1) is 0 Å². The molecular formula is C25H34N4O3S. The summed E-state index contributed by atoms with van der Waals surface area (Å²) in [7, 11) is 1.57. The second-order valence-electron chi connectivity index (χ2n) is 10.9. The molecule has 0 spiro atoms. The van der Waals surface area contributed by atoms with Crippen LogP contribution in [-0.2, 0) is 9.59 Å². The fourth-order valence-electron chi connectivity index (χ4n) is 7.74. The maximum absolute atomic E-state index is 12.9. The maximum Gasteiger partial charge on any atom is 0.270 e. The summed E-state index contributed by atoms with van der Waals surface area (Å²) >= 11 is 1.29. The predicted molar refractivity (Wildman–Crippen MR) is 128 cm³/mol. The molecule has 0 radical (unpaired) electrons. The van der Waals surface area contributed by atoms with Crippen molar-refractivity contribution in [3.8, 4) is 0 Å². The molecule has 3 aliphatic carbocycles. The van der Waals surface area contributed by atoms with Gasteiger partial charge in [0.2, 0.25) is 11.8 Å². The van der Waals surface area contributed by atoms with Gasteiger partial charge >= 0.3 is 0 Å². The first kappa shape index (κ1) is 22.6. The minimum atomic E-state index is -0.245. The van der Waals surface area contributed by atoms with E-state index in [9.17, 15) is 14.4 Å². The van der Waals surface area contributed by atoms with Gasteiger partial charge in [0.15, 0.2) is 5.13 Å². The molecule has 0 unspecified atom stereocenters. The Balaban J connectivity index is 1.27. The van der Waals surface area contributed by atoms with Gasteiger partial charge in [-0.2, -0.15) is 0 Å². The van der Waals surface area contributed by atoms with E-state index in [-0.39, 0.29) is 34.6 Å². The van der Waals surface area contributed by atoms with Crippen molar-refractivity contribution in [2.75, 3.05) is 12.4 Å². The number of hydrogen-bond acceptors (Lipinski definition) is 5. The number of thiazole rings is 1. The third kappa shape index (κ3) is 3.70. The van der Waals surface area contributed by atoms with Gasteiger partial charge in [-0.05, 0) is 73.7 Å². The molecule has 1 aromatic rings. The van der Waals surface area contributed by atoms with Crippen LogP contribution in [-0.4, -0.2) is 35.8 Å². The highest BCUT2D eigenvalue weighted by molar-refractivity contribution is 7.14. The van der Waals surface area contributed by atoms with Crippen LogP contribution >= 0.6 is 11.3 Å². The van der Waals surface area contributed by atoms with Crippen LogP contribution in [0.5, 0.6) is 0 Å². The number of rotatable bonds is 4. The van der Waals surface area contributed by atoms with Gasteiger partial charge in [0.1, 0.15) is 5.69 Å². The summed E-state index contributed by atoms with van der Waals surface area (Å²) in [5, 5.41) is 10.9. The van der Waals surface area contributed by atoms with Crippen LogP contribution in [0, 0.1) is 34.5 Å². The predicted octanol–water partition coefficient (Wildman–Crippen LogP) is 3.74. The monoisotopic (exact) mass is 470 g/mol. The van der Waals surface area contributed by atoms with Crippen LogP contribution in [0.15, 0.2) is 17.5 Å². The molecular weight excluding hydrogens is 436 g/mol. The zero-order valence-corrected chi connectivity index (χ0v) is 20.5. The summed E-state index contributed by atoms with van der Waals surface area (Å²) < 4.78 is 0. The summed E-state index contributed by atoms with van der Waals surface area (Å²) in [6.07, 6.45) is 11.2. The van der Waals surface area contributed by atoms with E-state index in [0.717, 1.165) is 25.7 Å². The quantitative estimate of drug-likeness (QED) is 0.624. The molecule has 3 N–H and O–H groups in total. The Morgan fingerprint density at radius 2 is 2.00 bits per heavy atom. The number of carbonyl (C=O) groups is 3. The van der Waals surface area contributed by atoms with Gasteiger partial charge in [-0.1, -0.05) is 19.9 Å².